The van der Waals surface area contributed by atoms with E-state index in [0.717, 1.165) is 0 Å². The van der Waals surface area contributed by atoms with E-state index in [1.54, 1.807) is 24.3 Å². The molecule has 0 bridgehead atoms. The minimum absolute atomic E-state index is 0.229. The van der Waals surface area contributed by atoms with Gasteiger partial charge in [0.1, 0.15) is 0 Å². The van der Waals surface area contributed by atoms with E-state index in [0.29, 0.717) is 11.4 Å². The molecule has 0 aromatic carbocycles. The Kier molecular flexibility index (Phi) is 3.87. The number of rotatable bonds is 2. The highest BCUT2D eigenvalue weighted by Crippen LogP contribution is 2.05. The van der Waals surface area contributed by atoms with Gasteiger partial charge in [-0.25, -0.2) is 0 Å². The van der Waals surface area contributed by atoms with Crippen molar-refractivity contribution in [2.75, 3.05) is 5.32 Å². The van der Waals surface area contributed by atoms with Gasteiger partial charge in [0.25, 0.3) is 5.91 Å². The minimum atomic E-state index is -0.305. The zero-order chi connectivity index (χ0) is 12.8. The molecule has 0 aliphatic carbocycles. The number of aromatic nitrogens is 1. The summed E-state index contributed by atoms with van der Waals surface area (Å²) in [4.78, 5) is 15.5. The number of pyridine rings is 1. The molecule has 0 aliphatic heterocycles. The number of thiocarbonyl (C=S) groups is 1. The van der Waals surface area contributed by atoms with Crippen LogP contribution in [0.1, 0.15) is 10.4 Å². The summed E-state index contributed by atoms with van der Waals surface area (Å²) in [6.07, 6.45) is 4.59. The molecule has 0 fully saturated rings. The lowest BCUT2D eigenvalue weighted by Crippen LogP contribution is -2.43. The third-order valence-electron chi connectivity index (χ3n) is 1.99. The maximum Gasteiger partial charge on any atom is 0.269 e. The summed E-state index contributed by atoms with van der Waals surface area (Å²) >= 11 is 4.96. The first-order valence-electron chi connectivity index (χ1n) is 5.06. The SMILES string of the molecule is O=C(NNC(=S)Nc1ccco1)c1ccncc1. The van der Waals surface area contributed by atoms with E-state index in [2.05, 4.69) is 21.2 Å². The third kappa shape index (κ3) is 3.29. The number of carbonyl (C=O) groups excluding carboxylic acids is 1. The molecule has 2 aromatic rings. The highest BCUT2D eigenvalue weighted by atomic mass is 32.1. The van der Waals surface area contributed by atoms with Crippen LogP contribution in [-0.4, -0.2) is 16.0 Å². The lowest BCUT2D eigenvalue weighted by molar-refractivity contribution is 0.0944. The van der Waals surface area contributed by atoms with Crippen LogP contribution in [0.3, 0.4) is 0 Å². The average Bonchev–Trinajstić information content (AvgIpc) is 2.90. The highest BCUT2D eigenvalue weighted by molar-refractivity contribution is 7.80. The average molecular weight is 262 g/mol. The van der Waals surface area contributed by atoms with Gasteiger partial charge < -0.3 is 9.73 Å². The minimum Gasteiger partial charge on any atom is -0.449 e. The number of amides is 1. The predicted molar refractivity (Wildman–Crippen MR) is 69.8 cm³/mol. The summed E-state index contributed by atoms with van der Waals surface area (Å²) in [5.74, 6) is 0.187. The summed E-state index contributed by atoms with van der Waals surface area (Å²) in [6, 6.07) is 6.62. The van der Waals surface area contributed by atoms with E-state index in [-0.39, 0.29) is 11.0 Å². The molecular weight excluding hydrogens is 252 g/mol. The molecule has 1 amide bonds. The first kappa shape index (κ1) is 12.1. The number of nitrogens with zero attached hydrogens (tertiary/aromatic N) is 1. The number of hydrazine groups is 1. The largest absolute Gasteiger partial charge is 0.449 e. The van der Waals surface area contributed by atoms with E-state index >= 15 is 0 Å². The zero-order valence-electron chi connectivity index (χ0n) is 9.21. The van der Waals surface area contributed by atoms with E-state index in [4.69, 9.17) is 16.6 Å². The van der Waals surface area contributed by atoms with E-state index in [1.807, 2.05) is 0 Å². The van der Waals surface area contributed by atoms with Crippen molar-refractivity contribution in [3.63, 3.8) is 0 Å². The molecule has 2 heterocycles. The van der Waals surface area contributed by atoms with Crippen molar-refractivity contribution < 1.29 is 9.21 Å². The lowest BCUT2D eigenvalue weighted by atomic mass is 10.3. The molecule has 0 atom stereocenters. The molecule has 3 N–H and O–H groups in total. The number of carbonyl (C=O) groups is 1. The quantitative estimate of drug-likeness (QED) is 0.559. The van der Waals surface area contributed by atoms with Crippen molar-refractivity contribution in [1.82, 2.24) is 15.8 Å². The van der Waals surface area contributed by atoms with Crippen LogP contribution < -0.4 is 16.2 Å². The number of furan rings is 1. The molecule has 2 rings (SSSR count). The van der Waals surface area contributed by atoms with Gasteiger partial charge in [0, 0.05) is 24.0 Å². The number of hydrogen-bond donors (Lipinski definition) is 3. The normalized spacial score (nSPS) is 9.56. The van der Waals surface area contributed by atoms with Gasteiger partial charge in [-0.15, -0.1) is 0 Å². The standard InChI is InChI=1S/C11H10N4O2S/c16-10(8-3-5-12-6-4-8)14-15-11(18)13-9-2-1-7-17-9/h1-7H,(H,14,16)(H2,13,15,18). The molecule has 7 heteroatoms. The first-order chi connectivity index (χ1) is 8.75. The van der Waals surface area contributed by atoms with Crippen molar-refractivity contribution in [1.29, 1.82) is 0 Å². The first-order valence-corrected chi connectivity index (χ1v) is 5.47. The third-order valence-corrected chi connectivity index (χ3v) is 2.19. The zero-order valence-corrected chi connectivity index (χ0v) is 10.0. The fraction of sp³-hybridized carbons (Fsp3) is 0. The van der Waals surface area contributed by atoms with Crippen LogP contribution in [0.25, 0.3) is 0 Å². The summed E-state index contributed by atoms with van der Waals surface area (Å²) in [7, 11) is 0. The van der Waals surface area contributed by atoms with Crippen molar-refractivity contribution in [2.45, 2.75) is 0 Å². The lowest BCUT2D eigenvalue weighted by Gasteiger charge is -2.09. The molecule has 0 unspecified atom stereocenters. The van der Waals surface area contributed by atoms with Gasteiger partial charge in [-0.3, -0.25) is 20.6 Å². The second kappa shape index (κ2) is 5.78. The van der Waals surface area contributed by atoms with Crippen LogP contribution in [0, 0.1) is 0 Å². The summed E-state index contributed by atoms with van der Waals surface area (Å²) in [5.41, 5.74) is 5.49. The fourth-order valence-corrected chi connectivity index (χ4v) is 1.33. The van der Waals surface area contributed by atoms with Gasteiger partial charge in [-0.1, -0.05) is 0 Å². The van der Waals surface area contributed by atoms with Crippen LogP contribution in [0.5, 0.6) is 0 Å². The van der Waals surface area contributed by atoms with Gasteiger partial charge in [0.15, 0.2) is 11.0 Å². The smallest absolute Gasteiger partial charge is 0.269 e. The highest BCUT2D eigenvalue weighted by Gasteiger charge is 2.05. The predicted octanol–water partition coefficient (Wildman–Crippen LogP) is 1.31. The van der Waals surface area contributed by atoms with Crippen LogP contribution in [0.2, 0.25) is 0 Å². The Labute approximate surface area is 108 Å². The number of nitrogens with one attached hydrogen (secondary N) is 3. The van der Waals surface area contributed by atoms with E-state index in [1.165, 1.54) is 18.7 Å². The second-order valence-corrected chi connectivity index (χ2v) is 3.65. The molecule has 18 heavy (non-hydrogen) atoms. The molecule has 6 nitrogen and oxygen atoms in total. The maximum absolute atomic E-state index is 11.6. The monoisotopic (exact) mass is 262 g/mol. The van der Waals surface area contributed by atoms with Crippen molar-refractivity contribution in [2.24, 2.45) is 0 Å². The van der Waals surface area contributed by atoms with Crippen LogP contribution in [-0.2, 0) is 0 Å². The molecule has 2 aromatic heterocycles. The van der Waals surface area contributed by atoms with Gasteiger partial charge in [-0.05, 0) is 30.4 Å². The molecule has 0 aliphatic rings. The Bertz CT molecular complexity index is 527. The van der Waals surface area contributed by atoms with E-state index < -0.39 is 0 Å². The Morgan fingerprint density at radius 2 is 2.00 bits per heavy atom. The maximum atomic E-state index is 11.6. The molecular formula is C11H10N4O2S. The molecule has 92 valence electrons. The van der Waals surface area contributed by atoms with Crippen molar-refractivity contribution in [3.05, 3.63) is 48.5 Å². The molecule has 0 saturated heterocycles. The van der Waals surface area contributed by atoms with Gasteiger partial charge in [0.2, 0.25) is 0 Å². The Morgan fingerprint density at radius 1 is 1.22 bits per heavy atom. The number of anilines is 1. The van der Waals surface area contributed by atoms with Crippen LogP contribution >= 0.6 is 12.2 Å². The summed E-state index contributed by atoms with van der Waals surface area (Å²) in [6.45, 7) is 0. The van der Waals surface area contributed by atoms with Gasteiger partial charge in [0.05, 0.1) is 6.26 Å². The van der Waals surface area contributed by atoms with Crippen molar-refractivity contribution >= 4 is 29.1 Å². The van der Waals surface area contributed by atoms with Gasteiger partial charge in [-0.2, -0.15) is 0 Å². The Balaban J connectivity index is 1.81. The topological polar surface area (TPSA) is 79.2 Å². The van der Waals surface area contributed by atoms with Crippen LogP contribution in [0.4, 0.5) is 5.88 Å². The molecule has 0 radical (unpaired) electrons. The second-order valence-electron chi connectivity index (χ2n) is 3.25. The van der Waals surface area contributed by atoms with Gasteiger partial charge >= 0.3 is 0 Å². The molecule has 0 saturated carbocycles. The number of hydrogen-bond acceptors (Lipinski definition) is 4. The fourth-order valence-electron chi connectivity index (χ4n) is 1.18. The summed E-state index contributed by atoms with van der Waals surface area (Å²) in [5, 5.41) is 2.98. The van der Waals surface area contributed by atoms with Crippen molar-refractivity contribution in [3.8, 4) is 0 Å². The molecule has 0 spiro atoms. The van der Waals surface area contributed by atoms with E-state index in [9.17, 15) is 4.79 Å². The Morgan fingerprint density at radius 3 is 2.67 bits per heavy atom. The van der Waals surface area contributed by atoms with Crippen LogP contribution in [0.15, 0.2) is 47.3 Å². The Hall–Kier alpha value is -2.41. The summed E-state index contributed by atoms with van der Waals surface area (Å²) < 4.78 is 5.04.